The van der Waals surface area contributed by atoms with E-state index in [1.807, 2.05) is 31.2 Å². The van der Waals surface area contributed by atoms with E-state index in [2.05, 4.69) is 15.2 Å². The molecule has 6 heteroatoms. The van der Waals surface area contributed by atoms with Crippen molar-refractivity contribution in [2.45, 2.75) is 26.2 Å². The van der Waals surface area contributed by atoms with Gasteiger partial charge in [0.15, 0.2) is 5.58 Å². The fourth-order valence-corrected chi connectivity index (χ4v) is 3.03. The number of carbonyl (C=O) groups excluding carboxylic acids is 1. The molecule has 0 saturated carbocycles. The van der Waals surface area contributed by atoms with Gasteiger partial charge >= 0.3 is 0 Å². The quantitative estimate of drug-likeness (QED) is 0.790. The average Bonchev–Trinajstić information content (AvgIpc) is 3.06. The zero-order chi connectivity index (χ0) is 16.8. The van der Waals surface area contributed by atoms with E-state index in [0.29, 0.717) is 25.7 Å². The summed E-state index contributed by atoms with van der Waals surface area (Å²) in [7, 11) is 0. The molecule has 3 rings (SSSR count). The molecule has 2 aromatic rings. The maximum Gasteiger partial charge on any atom is 0.298 e. The van der Waals surface area contributed by atoms with Crippen LogP contribution in [0.3, 0.4) is 0 Å². The Hall–Kier alpha value is -2.08. The van der Waals surface area contributed by atoms with Crippen LogP contribution in [0.1, 0.15) is 26.2 Å². The molecule has 1 unspecified atom stereocenters. The summed E-state index contributed by atoms with van der Waals surface area (Å²) in [6.45, 7) is 5.58. The van der Waals surface area contributed by atoms with Crippen LogP contribution in [0.25, 0.3) is 11.1 Å². The number of ether oxygens (including phenoxy) is 1. The zero-order valence-electron chi connectivity index (χ0n) is 14.2. The molecule has 1 aliphatic rings. The molecular weight excluding hydrogens is 306 g/mol. The summed E-state index contributed by atoms with van der Waals surface area (Å²) in [4.78, 5) is 19.0. The molecule has 1 saturated heterocycles. The van der Waals surface area contributed by atoms with Crippen LogP contribution in [0, 0.1) is 5.92 Å². The van der Waals surface area contributed by atoms with Crippen LogP contribution in [-0.2, 0) is 9.53 Å². The lowest BCUT2D eigenvalue weighted by Crippen LogP contribution is -2.43. The SMILES string of the molecule is CCOCCCNC(=O)C1CCCN(c2nc3ccccc3o2)C1. The third-order valence-corrected chi connectivity index (χ3v) is 4.31. The predicted octanol–water partition coefficient (Wildman–Crippen LogP) is 2.59. The third-order valence-electron chi connectivity index (χ3n) is 4.31. The maximum absolute atomic E-state index is 12.4. The summed E-state index contributed by atoms with van der Waals surface area (Å²) in [5, 5.41) is 3.01. The van der Waals surface area contributed by atoms with E-state index in [-0.39, 0.29) is 11.8 Å². The van der Waals surface area contributed by atoms with Gasteiger partial charge in [0.2, 0.25) is 5.91 Å². The van der Waals surface area contributed by atoms with Gasteiger partial charge in [-0.2, -0.15) is 4.98 Å². The van der Waals surface area contributed by atoms with E-state index in [9.17, 15) is 4.79 Å². The Morgan fingerprint density at radius 2 is 2.33 bits per heavy atom. The largest absolute Gasteiger partial charge is 0.423 e. The number of amides is 1. The number of carbonyl (C=O) groups is 1. The molecule has 0 spiro atoms. The Kier molecular flexibility index (Phi) is 5.69. The summed E-state index contributed by atoms with van der Waals surface area (Å²) in [6.07, 6.45) is 2.73. The van der Waals surface area contributed by atoms with Gasteiger partial charge in [-0.25, -0.2) is 0 Å². The third kappa shape index (κ3) is 4.06. The monoisotopic (exact) mass is 331 g/mol. The van der Waals surface area contributed by atoms with Crippen LogP contribution in [0.4, 0.5) is 6.01 Å². The highest BCUT2D eigenvalue weighted by Gasteiger charge is 2.28. The van der Waals surface area contributed by atoms with Crippen molar-refractivity contribution in [3.63, 3.8) is 0 Å². The molecule has 1 aromatic carbocycles. The molecule has 6 nitrogen and oxygen atoms in total. The summed E-state index contributed by atoms with van der Waals surface area (Å²) < 4.78 is 11.1. The molecule has 1 N–H and O–H groups in total. The minimum absolute atomic E-state index is 0.0131. The maximum atomic E-state index is 12.4. The summed E-state index contributed by atoms with van der Waals surface area (Å²) in [5.41, 5.74) is 1.64. The van der Waals surface area contributed by atoms with E-state index in [0.717, 1.165) is 43.5 Å². The van der Waals surface area contributed by atoms with Crippen LogP contribution in [-0.4, -0.2) is 43.7 Å². The van der Waals surface area contributed by atoms with E-state index < -0.39 is 0 Å². The van der Waals surface area contributed by atoms with Crippen molar-refractivity contribution in [1.29, 1.82) is 0 Å². The van der Waals surface area contributed by atoms with Gasteiger partial charge in [0.05, 0.1) is 5.92 Å². The predicted molar refractivity (Wildman–Crippen MR) is 93.1 cm³/mol. The van der Waals surface area contributed by atoms with E-state index in [1.54, 1.807) is 0 Å². The summed E-state index contributed by atoms with van der Waals surface area (Å²) in [5.74, 6) is 0.105. The lowest BCUT2D eigenvalue weighted by Gasteiger charge is -2.30. The first kappa shape index (κ1) is 16.8. The van der Waals surface area contributed by atoms with Crippen LogP contribution in [0.5, 0.6) is 0 Å². The van der Waals surface area contributed by atoms with Gasteiger partial charge in [-0.1, -0.05) is 12.1 Å². The minimum Gasteiger partial charge on any atom is -0.423 e. The first-order valence-corrected chi connectivity index (χ1v) is 8.74. The van der Waals surface area contributed by atoms with E-state index >= 15 is 0 Å². The van der Waals surface area contributed by atoms with Crippen molar-refractivity contribution in [1.82, 2.24) is 10.3 Å². The van der Waals surface area contributed by atoms with Crippen molar-refractivity contribution in [3.8, 4) is 0 Å². The van der Waals surface area contributed by atoms with Crippen molar-refractivity contribution in [2.75, 3.05) is 37.7 Å². The molecule has 1 atom stereocenters. The van der Waals surface area contributed by atoms with Gasteiger partial charge in [0.1, 0.15) is 5.52 Å². The number of oxazole rings is 1. The second kappa shape index (κ2) is 8.15. The smallest absolute Gasteiger partial charge is 0.298 e. The minimum atomic E-state index is -0.0131. The molecule has 0 aliphatic carbocycles. The Balaban J connectivity index is 1.54. The number of nitrogens with zero attached hydrogens (tertiary/aromatic N) is 2. The second-order valence-corrected chi connectivity index (χ2v) is 6.09. The topological polar surface area (TPSA) is 67.6 Å². The fourth-order valence-electron chi connectivity index (χ4n) is 3.03. The van der Waals surface area contributed by atoms with Crippen LogP contribution in [0.2, 0.25) is 0 Å². The number of aromatic nitrogens is 1. The number of nitrogens with one attached hydrogen (secondary N) is 1. The van der Waals surface area contributed by atoms with Crippen LogP contribution in [0.15, 0.2) is 28.7 Å². The highest BCUT2D eigenvalue weighted by molar-refractivity contribution is 5.79. The van der Waals surface area contributed by atoms with E-state index in [1.165, 1.54) is 0 Å². The van der Waals surface area contributed by atoms with Gasteiger partial charge in [0.25, 0.3) is 6.01 Å². The first-order valence-electron chi connectivity index (χ1n) is 8.74. The van der Waals surface area contributed by atoms with Gasteiger partial charge in [-0.05, 0) is 38.3 Å². The molecule has 130 valence electrons. The number of piperidine rings is 1. The van der Waals surface area contributed by atoms with Gasteiger partial charge in [0, 0.05) is 32.8 Å². The number of benzene rings is 1. The molecule has 0 radical (unpaired) electrons. The second-order valence-electron chi connectivity index (χ2n) is 6.09. The Bertz CT molecular complexity index is 637. The molecule has 1 amide bonds. The Morgan fingerprint density at radius 3 is 3.17 bits per heavy atom. The molecule has 2 heterocycles. The molecule has 1 aromatic heterocycles. The Morgan fingerprint density at radius 1 is 1.46 bits per heavy atom. The molecular formula is C18H25N3O3. The molecule has 1 aliphatic heterocycles. The standard InChI is InChI=1S/C18H25N3O3/c1-2-23-12-6-10-19-17(22)14-7-5-11-21(13-14)18-20-15-8-3-4-9-16(15)24-18/h3-4,8-9,14H,2,5-7,10-13H2,1H3,(H,19,22). The highest BCUT2D eigenvalue weighted by atomic mass is 16.5. The van der Waals surface area contributed by atoms with Crippen molar-refractivity contribution < 1.29 is 13.9 Å². The number of para-hydroxylation sites is 2. The molecule has 0 bridgehead atoms. The number of anilines is 1. The normalized spacial score (nSPS) is 18.0. The number of hydrogen-bond acceptors (Lipinski definition) is 5. The van der Waals surface area contributed by atoms with Crippen molar-refractivity contribution >= 4 is 23.0 Å². The summed E-state index contributed by atoms with van der Waals surface area (Å²) in [6, 6.07) is 8.35. The molecule has 1 fully saturated rings. The van der Waals surface area contributed by atoms with Gasteiger partial charge in [-0.15, -0.1) is 0 Å². The number of fused-ring (bicyclic) bond motifs is 1. The van der Waals surface area contributed by atoms with Crippen LogP contribution >= 0.6 is 0 Å². The van der Waals surface area contributed by atoms with E-state index in [4.69, 9.17) is 9.15 Å². The average molecular weight is 331 g/mol. The highest BCUT2D eigenvalue weighted by Crippen LogP contribution is 2.26. The van der Waals surface area contributed by atoms with Crippen LogP contribution < -0.4 is 10.2 Å². The number of hydrogen-bond donors (Lipinski definition) is 1. The first-order chi connectivity index (χ1) is 11.8. The summed E-state index contributed by atoms with van der Waals surface area (Å²) >= 11 is 0. The van der Waals surface area contributed by atoms with Crippen molar-refractivity contribution in [3.05, 3.63) is 24.3 Å². The lowest BCUT2D eigenvalue weighted by atomic mass is 9.97. The van der Waals surface area contributed by atoms with Gasteiger partial charge in [-0.3, -0.25) is 4.79 Å². The fraction of sp³-hybridized carbons (Fsp3) is 0.556. The Labute approximate surface area is 142 Å². The van der Waals surface area contributed by atoms with Gasteiger partial charge < -0.3 is 19.4 Å². The lowest BCUT2D eigenvalue weighted by molar-refractivity contribution is -0.125. The van der Waals surface area contributed by atoms with Crippen molar-refractivity contribution in [2.24, 2.45) is 5.92 Å². The molecule has 24 heavy (non-hydrogen) atoms. The number of rotatable bonds is 7. The zero-order valence-corrected chi connectivity index (χ0v) is 14.2.